The van der Waals surface area contributed by atoms with Gasteiger partial charge < -0.3 is 20.1 Å². The molecule has 1 aliphatic heterocycles. The van der Waals surface area contributed by atoms with Crippen LogP contribution >= 0.6 is 23.2 Å². The maximum Gasteiger partial charge on any atom is 0.150 e. The molecule has 0 saturated carbocycles. The molecule has 0 aliphatic carbocycles. The molecular formula is C12H17Cl2N3O2. The van der Waals surface area contributed by atoms with Gasteiger partial charge in [-0.1, -0.05) is 23.2 Å². The van der Waals surface area contributed by atoms with Crippen molar-refractivity contribution in [2.75, 3.05) is 37.0 Å². The van der Waals surface area contributed by atoms with Crippen LogP contribution in [-0.4, -0.2) is 49.0 Å². The highest BCUT2D eigenvalue weighted by atomic mass is 35.5. The molecule has 1 aliphatic rings. The van der Waals surface area contributed by atoms with Crippen molar-refractivity contribution < 1.29 is 9.84 Å². The molecule has 106 valence electrons. The van der Waals surface area contributed by atoms with Crippen LogP contribution in [0.15, 0.2) is 6.07 Å². The lowest BCUT2D eigenvalue weighted by molar-refractivity contribution is -0.0422. The molecule has 2 heterocycles. The Balaban J connectivity index is 2.30. The van der Waals surface area contributed by atoms with Crippen molar-refractivity contribution in [2.45, 2.75) is 19.1 Å². The third-order valence-corrected chi connectivity index (χ3v) is 3.54. The van der Waals surface area contributed by atoms with E-state index in [1.165, 1.54) is 0 Å². The van der Waals surface area contributed by atoms with E-state index in [1.54, 1.807) is 13.1 Å². The monoisotopic (exact) mass is 305 g/mol. The first-order valence-electron chi connectivity index (χ1n) is 6.10. The summed E-state index contributed by atoms with van der Waals surface area (Å²) in [7, 11) is 1.75. The minimum atomic E-state index is -0.227. The Morgan fingerprint density at radius 1 is 1.47 bits per heavy atom. The number of aliphatic hydroxyl groups is 1. The Hall–Kier alpha value is -0.750. The van der Waals surface area contributed by atoms with Crippen molar-refractivity contribution in [3.05, 3.63) is 16.1 Å². The smallest absolute Gasteiger partial charge is 0.150 e. The van der Waals surface area contributed by atoms with Gasteiger partial charge in [0.2, 0.25) is 0 Å². The van der Waals surface area contributed by atoms with Crippen LogP contribution in [0.1, 0.15) is 6.92 Å². The number of morpholine rings is 1. The van der Waals surface area contributed by atoms with E-state index in [0.717, 1.165) is 0 Å². The zero-order valence-corrected chi connectivity index (χ0v) is 12.4. The second-order valence-electron chi connectivity index (χ2n) is 4.53. The Bertz CT molecular complexity index is 459. The topological polar surface area (TPSA) is 57.6 Å². The minimum absolute atomic E-state index is 0.0116. The zero-order chi connectivity index (χ0) is 14.0. The van der Waals surface area contributed by atoms with Gasteiger partial charge in [-0.15, -0.1) is 0 Å². The minimum Gasteiger partial charge on any atom is -0.394 e. The molecule has 0 bridgehead atoms. The van der Waals surface area contributed by atoms with Crippen LogP contribution < -0.4 is 10.2 Å². The number of rotatable bonds is 3. The molecule has 2 N–H and O–H groups in total. The lowest BCUT2D eigenvalue weighted by Gasteiger charge is -2.37. The molecule has 7 heteroatoms. The summed E-state index contributed by atoms with van der Waals surface area (Å²) in [5.41, 5.74) is 0. The Morgan fingerprint density at radius 3 is 2.84 bits per heavy atom. The van der Waals surface area contributed by atoms with Gasteiger partial charge in [0.1, 0.15) is 11.6 Å². The first-order chi connectivity index (χ1) is 9.05. The Morgan fingerprint density at radius 2 is 2.21 bits per heavy atom. The van der Waals surface area contributed by atoms with Crippen molar-refractivity contribution in [3.63, 3.8) is 0 Å². The lowest BCUT2D eigenvalue weighted by Crippen LogP contribution is -2.48. The van der Waals surface area contributed by atoms with Gasteiger partial charge in [0, 0.05) is 20.1 Å². The van der Waals surface area contributed by atoms with Gasteiger partial charge in [-0.05, 0) is 13.0 Å². The highest BCUT2D eigenvalue weighted by Crippen LogP contribution is 2.32. The fraction of sp³-hybridized carbons (Fsp3) is 0.583. The number of anilines is 2. The fourth-order valence-electron chi connectivity index (χ4n) is 2.17. The summed E-state index contributed by atoms with van der Waals surface area (Å²) in [6.07, 6.45) is -0.215. The van der Waals surface area contributed by atoms with E-state index in [0.29, 0.717) is 34.8 Å². The molecule has 2 unspecified atom stereocenters. The summed E-state index contributed by atoms with van der Waals surface area (Å²) in [5, 5.41) is 13.2. The van der Waals surface area contributed by atoms with Crippen LogP contribution in [0.5, 0.6) is 0 Å². The second-order valence-corrected chi connectivity index (χ2v) is 5.34. The van der Waals surface area contributed by atoms with Crippen LogP contribution in [0.3, 0.4) is 0 Å². The summed E-state index contributed by atoms with van der Waals surface area (Å²) in [6.45, 7) is 3.16. The zero-order valence-electron chi connectivity index (χ0n) is 10.9. The van der Waals surface area contributed by atoms with E-state index >= 15 is 0 Å². The van der Waals surface area contributed by atoms with E-state index in [-0.39, 0.29) is 18.8 Å². The molecular weight excluding hydrogens is 289 g/mol. The van der Waals surface area contributed by atoms with Gasteiger partial charge in [-0.3, -0.25) is 0 Å². The highest BCUT2D eigenvalue weighted by molar-refractivity contribution is 6.37. The number of hydrogen-bond acceptors (Lipinski definition) is 5. The first-order valence-corrected chi connectivity index (χ1v) is 6.85. The average molecular weight is 306 g/mol. The standard InChI is InChI=1S/C12H17Cl2N3O2/c1-7-4-17(5-8(6-18)19-7)12-10(14)3-9(13)11(15-2)16-12/h3,7-8,18H,4-6H2,1-2H3,(H,15,16). The second kappa shape index (κ2) is 6.13. The van der Waals surface area contributed by atoms with Crippen LogP contribution in [-0.2, 0) is 4.74 Å². The molecule has 1 saturated heterocycles. The number of aromatic nitrogens is 1. The van der Waals surface area contributed by atoms with Crippen molar-refractivity contribution in [2.24, 2.45) is 0 Å². The van der Waals surface area contributed by atoms with Crippen molar-refractivity contribution in [3.8, 4) is 0 Å². The SMILES string of the molecule is CNc1nc(N2CC(C)OC(CO)C2)c(Cl)cc1Cl. The number of aliphatic hydroxyl groups excluding tert-OH is 1. The quantitative estimate of drug-likeness (QED) is 0.895. The molecule has 1 aromatic heterocycles. The molecule has 0 spiro atoms. The maximum absolute atomic E-state index is 9.25. The molecule has 1 fully saturated rings. The van der Waals surface area contributed by atoms with Gasteiger partial charge in [0.15, 0.2) is 0 Å². The van der Waals surface area contributed by atoms with E-state index in [2.05, 4.69) is 10.3 Å². The third kappa shape index (κ3) is 3.23. The van der Waals surface area contributed by atoms with Crippen molar-refractivity contribution >= 4 is 34.8 Å². The van der Waals surface area contributed by atoms with Crippen LogP contribution in [0, 0.1) is 0 Å². The molecule has 2 rings (SSSR count). The summed E-state index contributed by atoms with van der Waals surface area (Å²) < 4.78 is 5.60. The largest absolute Gasteiger partial charge is 0.394 e. The number of nitrogens with zero attached hydrogens (tertiary/aromatic N) is 2. The van der Waals surface area contributed by atoms with Crippen molar-refractivity contribution in [1.82, 2.24) is 4.98 Å². The number of pyridine rings is 1. The summed E-state index contributed by atoms with van der Waals surface area (Å²) in [5.74, 6) is 1.24. The van der Waals surface area contributed by atoms with Crippen LogP contribution in [0.4, 0.5) is 11.6 Å². The van der Waals surface area contributed by atoms with Crippen molar-refractivity contribution in [1.29, 1.82) is 0 Å². The average Bonchev–Trinajstić information content (AvgIpc) is 2.38. The first kappa shape index (κ1) is 14.7. The molecule has 19 heavy (non-hydrogen) atoms. The summed E-state index contributed by atoms with van der Waals surface area (Å²) >= 11 is 12.2. The number of nitrogens with one attached hydrogen (secondary N) is 1. The lowest BCUT2D eigenvalue weighted by atomic mass is 10.2. The van der Waals surface area contributed by atoms with Crippen LogP contribution in [0.2, 0.25) is 10.0 Å². The Kier molecular flexibility index (Phi) is 4.73. The maximum atomic E-state index is 9.25. The number of hydrogen-bond donors (Lipinski definition) is 2. The molecule has 2 atom stereocenters. The molecule has 0 aromatic carbocycles. The summed E-state index contributed by atoms with van der Waals surface area (Å²) in [6, 6.07) is 1.67. The van der Waals surface area contributed by atoms with Gasteiger partial charge in [-0.25, -0.2) is 4.98 Å². The molecule has 0 amide bonds. The summed E-state index contributed by atoms with van der Waals surface area (Å²) in [4.78, 5) is 6.44. The van der Waals surface area contributed by atoms with Gasteiger partial charge >= 0.3 is 0 Å². The molecule has 1 aromatic rings. The molecule has 5 nitrogen and oxygen atoms in total. The van der Waals surface area contributed by atoms with E-state index in [4.69, 9.17) is 27.9 Å². The van der Waals surface area contributed by atoms with Gasteiger partial charge in [0.25, 0.3) is 0 Å². The number of halogens is 2. The Labute approximate surface area is 122 Å². The predicted octanol–water partition coefficient (Wildman–Crippen LogP) is 2.02. The number of ether oxygens (including phenoxy) is 1. The van der Waals surface area contributed by atoms with Gasteiger partial charge in [0.05, 0.1) is 28.9 Å². The van der Waals surface area contributed by atoms with E-state index in [1.807, 2.05) is 11.8 Å². The van der Waals surface area contributed by atoms with Crippen LogP contribution in [0.25, 0.3) is 0 Å². The molecule has 0 radical (unpaired) electrons. The predicted molar refractivity (Wildman–Crippen MR) is 77.4 cm³/mol. The fourth-order valence-corrected chi connectivity index (χ4v) is 2.75. The van der Waals surface area contributed by atoms with E-state index < -0.39 is 0 Å². The normalized spacial score (nSPS) is 23.5. The third-order valence-electron chi connectivity index (χ3n) is 2.98. The van der Waals surface area contributed by atoms with E-state index in [9.17, 15) is 5.11 Å². The highest BCUT2D eigenvalue weighted by Gasteiger charge is 2.27. The van der Waals surface area contributed by atoms with Gasteiger partial charge in [-0.2, -0.15) is 0 Å².